The van der Waals surface area contributed by atoms with Crippen LogP contribution in [-0.2, 0) is 6.54 Å². The van der Waals surface area contributed by atoms with Crippen LogP contribution in [0.15, 0.2) is 73.1 Å². The fourth-order valence-corrected chi connectivity index (χ4v) is 2.96. The van der Waals surface area contributed by atoms with Crippen molar-refractivity contribution in [2.75, 3.05) is 7.11 Å². The lowest BCUT2D eigenvalue weighted by molar-refractivity contribution is 0.0974. The molecule has 0 fully saturated rings. The van der Waals surface area contributed by atoms with Crippen LogP contribution in [0.5, 0.6) is 5.75 Å². The molecule has 128 valence electrons. The summed E-state index contributed by atoms with van der Waals surface area (Å²) >= 11 is 0. The van der Waals surface area contributed by atoms with Gasteiger partial charge in [0.2, 0.25) is 0 Å². The third-order valence-electron chi connectivity index (χ3n) is 4.29. The SMILES string of the molecule is COc1ccc(C(=O)Cn2c(-c3cccnc3)nc3ccccc32)cc1. The standard InChI is InChI=1S/C21H17N3O2/c1-26-17-10-8-15(9-11-17)20(25)14-24-19-7-3-2-6-18(19)23-21(24)16-5-4-12-22-13-16/h2-13H,14H2,1H3. The quantitative estimate of drug-likeness (QED) is 0.514. The molecule has 0 aliphatic heterocycles. The van der Waals surface area contributed by atoms with E-state index in [0.29, 0.717) is 5.56 Å². The largest absolute Gasteiger partial charge is 0.497 e. The van der Waals surface area contributed by atoms with Gasteiger partial charge in [-0.15, -0.1) is 0 Å². The van der Waals surface area contributed by atoms with Gasteiger partial charge in [0.15, 0.2) is 5.78 Å². The van der Waals surface area contributed by atoms with E-state index >= 15 is 0 Å². The van der Waals surface area contributed by atoms with Gasteiger partial charge in [-0.1, -0.05) is 12.1 Å². The summed E-state index contributed by atoms with van der Waals surface area (Å²) in [6.07, 6.45) is 3.48. The highest BCUT2D eigenvalue weighted by atomic mass is 16.5. The molecule has 0 unspecified atom stereocenters. The van der Waals surface area contributed by atoms with Gasteiger partial charge in [-0.3, -0.25) is 9.78 Å². The predicted molar refractivity (Wildman–Crippen MR) is 100 cm³/mol. The van der Waals surface area contributed by atoms with E-state index in [4.69, 9.17) is 9.72 Å². The average molecular weight is 343 g/mol. The lowest BCUT2D eigenvalue weighted by atomic mass is 10.1. The van der Waals surface area contributed by atoms with Gasteiger partial charge >= 0.3 is 0 Å². The van der Waals surface area contributed by atoms with Crippen molar-refractivity contribution < 1.29 is 9.53 Å². The number of rotatable bonds is 5. The average Bonchev–Trinajstić information content (AvgIpc) is 3.07. The number of carbonyl (C=O) groups excluding carboxylic acids is 1. The molecule has 0 spiro atoms. The molecule has 26 heavy (non-hydrogen) atoms. The van der Waals surface area contributed by atoms with Crippen LogP contribution in [0.1, 0.15) is 10.4 Å². The van der Waals surface area contributed by atoms with Gasteiger partial charge < -0.3 is 9.30 Å². The first-order valence-electron chi connectivity index (χ1n) is 8.29. The maximum Gasteiger partial charge on any atom is 0.182 e. The van der Waals surface area contributed by atoms with E-state index in [1.165, 1.54) is 0 Å². The summed E-state index contributed by atoms with van der Waals surface area (Å²) in [5.41, 5.74) is 3.30. The third-order valence-corrected chi connectivity index (χ3v) is 4.29. The molecule has 0 aliphatic carbocycles. The molecular weight excluding hydrogens is 326 g/mol. The van der Waals surface area contributed by atoms with Gasteiger partial charge in [0, 0.05) is 23.5 Å². The number of para-hydroxylation sites is 2. The number of imidazole rings is 1. The first-order valence-corrected chi connectivity index (χ1v) is 8.29. The van der Waals surface area contributed by atoms with Crippen molar-refractivity contribution in [3.8, 4) is 17.1 Å². The van der Waals surface area contributed by atoms with E-state index in [2.05, 4.69) is 4.98 Å². The summed E-state index contributed by atoms with van der Waals surface area (Å²) in [5.74, 6) is 1.48. The molecular formula is C21H17N3O2. The molecule has 0 N–H and O–H groups in total. The fourth-order valence-electron chi connectivity index (χ4n) is 2.96. The number of hydrogen-bond donors (Lipinski definition) is 0. The zero-order valence-corrected chi connectivity index (χ0v) is 14.3. The fraction of sp³-hybridized carbons (Fsp3) is 0.0952. The molecule has 5 heteroatoms. The highest BCUT2D eigenvalue weighted by molar-refractivity contribution is 5.97. The van der Waals surface area contributed by atoms with Crippen molar-refractivity contribution in [1.29, 1.82) is 0 Å². The van der Waals surface area contributed by atoms with E-state index in [1.54, 1.807) is 43.8 Å². The minimum atomic E-state index is 0.0148. The molecule has 2 aromatic heterocycles. The lowest BCUT2D eigenvalue weighted by Crippen LogP contribution is -2.11. The zero-order chi connectivity index (χ0) is 17.9. The highest BCUT2D eigenvalue weighted by Gasteiger charge is 2.16. The minimum Gasteiger partial charge on any atom is -0.497 e. The number of ketones is 1. The Labute approximate surface area is 150 Å². The van der Waals surface area contributed by atoms with Crippen molar-refractivity contribution in [3.63, 3.8) is 0 Å². The summed E-state index contributed by atoms with van der Waals surface area (Å²) in [4.78, 5) is 21.7. The molecule has 4 rings (SSSR count). The second-order valence-electron chi connectivity index (χ2n) is 5.90. The molecule has 0 radical (unpaired) electrons. The summed E-state index contributed by atoms with van der Waals surface area (Å²) in [5, 5.41) is 0. The van der Waals surface area contributed by atoms with Gasteiger partial charge in [0.25, 0.3) is 0 Å². The van der Waals surface area contributed by atoms with E-state index in [0.717, 1.165) is 28.2 Å². The Kier molecular flexibility index (Phi) is 4.19. The first kappa shape index (κ1) is 16.0. The normalized spacial score (nSPS) is 10.8. The van der Waals surface area contributed by atoms with Gasteiger partial charge in [0.05, 0.1) is 24.7 Å². The molecule has 0 saturated heterocycles. The molecule has 0 amide bonds. The number of ether oxygens (including phenoxy) is 1. The Balaban J connectivity index is 1.76. The van der Waals surface area contributed by atoms with Crippen LogP contribution < -0.4 is 4.74 Å². The van der Waals surface area contributed by atoms with Gasteiger partial charge in [-0.25, -0.2) is 4.98 Å². The number of aromatic nitrogens is 3. The van der Waals surface area contributed by atoms with Gasteiger partial charge in [-0.2, -0.15) is 0 Å². The van der Waals surface area contributed by atoms with E-state index < -0.39 is 0 Å². The second-order valence-corrected chi connectivity index (χ2v) is 5.90. The molecule has 0 bridgehead atoms. The van der Waals surface area contributed by atoms with Gasteiger partial charge in [0.1, 0.15) is 11.6 Å². The number of carbonyl (C=O) groups is 1. The van der Waals surface area contributed by atoms with Gasteiger partial charge in [-0.05, 0) is 48.5 Å². The van der Waals surface area contributed by atoms with Crippen molar-refractivity contribution in [3.05, 3.63) is 78.6 Å². The predicted octanol–water partition coefficient (Wildman–Crippen LogP) is 3.99. The highest BCUT2D eigenvalue weighted by Crippen LogP contribution is 2.25. The molecule has 0 aliphatic rings. The van der Waals surface area contributed by atoms with Crippen LogP contribution in [0.2, 0.25) is 0 Å². The summed E-state index contributed by atoms with van der Waals surface area (Å²) < 4.78 is 7.10. The molecule has 4 aromatic rings. The summed E-state index contributed by atoms with van der Waals surface area (Å²) in [7, 11) is 1.61. The molecule has 0 saturated carbocycles. The molecule has 2 aromatic carbocycles. The Morgan fingerprint density at radius 2 is 1.85 bits per heavy atom. The van der Waals surface area contributed by atoms with Crippen LogP contribution in [0.25, 0.3) is 22.4 Å². The van der Waals surface area contributed by atoms with Crippen molar-refractivity contribution in [2.45, 2.75) is 6.54 Å². The third kappa shape index (κ3) is 2.95. The molecule has 0 atom stereocenters. The second kappa shape index (κ2) is 6.80. The summed E-state index contributed by atoms with van der Waals surface area (Å²) in [6.45, 7) is 0.205. The van der Waals surface area contributed by atoms with Crippen LogP contribution >= 0.6 is 0 Å². The minimum absolute atomic E-state index is 0.0148. The van der Waals surface area contributed by atoms with Crippen LogP contribution in [0.3, 0.4) is 0 Å². The Morgan fingerprint density at radius 3 is 2.58 bits per heavy atom. The molecule has 5 nitrogen and oxygen atoms in total. The maximum absolute atomic E-state index is 12.8. The Hall–Kier alpha value is -3.47. The monoisotopic (exact) mass is 343 g/mol. The van der Waals surface area contributed by atoms with Crippen molar-refractivity contribution in [2.24, 2.45) is 0 Å². The number of fused-ring (bicyclic) bond motifs is 1. The topological polar surface area (TPSA) is 57.0 Å². The zero-order valence-electron chi connectivity index (χ0n) is 14.3. The van der Waals surface area contributed by atoms with E-state index in [1.807, 2.05) is 41.0 Å². The Morgan fingerprint density at radius 1 is 1.04 bits per heavy atom. The number of pyridine rings is 1. The van der Waals surface area contributed by atoms with Crippen LogP contribution in [0.4, 0.5) is 0 Å². The number of methoxy groups -OCH3 is 1. The van der Waals surface area contributed by atoms with Crippen LogP contribution in [-0.4, -0.2) is 27.4 Å². The maximum atomic E-state index is 12.8. The Bertz CT molecular complexity index is 1050. The smallest absolute Gasteiger partial charge is 0.182 e. The first-order chi connectivity index (χ1) is 12.8. The van der Waals surface area contributed by atoms with E-state index in [-0.39, 0.29) is 12.3 Å². The summed E-state index contributed by atoms with van der Waals surface area (Å²) in [6, 6.07) is 18.8. The van der Waals surface area contributed by atoms with E-state index in [9.17, 15) is 4.79 Å². The lowest BCUT2D eigenvalue weighted by Gasteiger charge is -2.09. The van der Waals surface area contributed by atoms with Crippen molar-refractivity contribution >= 4 is 16.8 Å². The number of Topliss-reactive ketones (excluding diaryl/α,β-unsaturated/α-hetero) is 1. The van der Waals surface area contributed by atoms with Crippen molar-refractivity contribution in [1.82, 2.24) is 14.5 Å². The number of hydrogen-bond acceptors (Lipinski definition) is 4. The number of benzene rings is 2. The number of nitrogens with zero attached hydrogens (tertiary/aromatic N) is 3. The molecule has 2 heterocycles. The van der Waals surface area contributed by atoms with Crippen LogP contribution in [0, 0.1) is 0 Å².